The predicted octanol–water partition coefficient (Wildman–Crippen LogP) is 1.84. The van der Waals surface area contributed by atoms with Crippen molar-refractivity contribution in [1.29, 1.82) is 0 Å². The highest BCUT2D eigenvalue weighted by Crippen LogP contribution is 2.21. The molecule has 2 N–H and O–H groups in total. The molecular formula is C14H26N2O4. The molecule has 0 spiro atoms. The van der Waals surface area contributed by atoms with Crippen LogP contribution in [0.5, 0.6) is 0 Å². The van der Waals surface area contributed by atoms with Crippen LogP contribution >= 0.6 is 0 Å². The largest absolute Gasteiger partial charge is 0.481 e. The summed E-state index contributed by atoms with van der Waals surface area (Å²) in [5.74, 6) is -0.829. The zero-order valence-electron chi connectivity index (χ0n) is 12.6. The van der Waals surface area contributed by atoms with Crippen molar-refractivity contribution >= 4 is 12.0 Å². The summed E-state index contributed by atoms with van der Waals surface area (Å²) in [6.45, 7) is 4.33. The summed E-state index contributed by atoms with van der Waals surface area (Å²) in [5, 5.41) is 11.7. The number of rotatable bonds is 7. The van der Waals surface area contributed by atoms with E-state index >= 15 is 0 Å². The first-order chi connectivity index (χ1) is 9.45. The fourth-order valence-corrected chi connectivity index (χ4v) is 2.61. The molecule has 6 heteroatoms. The number of carbonyl (C=O) groups excluding carboxylic acids is 1. The Morgan fingerprint density at radius 2 is 2.10 bits per heavy atom. The number of hydrogen-bond acceptors (Lipinski definition) is 3. The van der Waals surface area contributed by atoms with Gasteiger partial charge in [0.2, 0.25) is 0 Å². The van der Waals surface area contributed by atoms with Crippen LogP contribution in [0.3, 0.4) is 0 Å². The first-order valence-corrected chi connectivity index (χ1v) is 7.27. The van der Waals surface area contributed by atoms with Crippen molar-refractivity contribution in [3.05, 3.63) is 0 Å². The van der Waals surface area contributed by atoms with Gasteiger partial charge >= 0.3 is 12.0 Å². The number of carbonyl (C=O) groups is 2. The average molecular weight is 286 g/mol. The van der Waals surface area contributed by atoms with Crippen molar-refractivity contribution in [2.45, 2.75) is 64.1 Å². The molecule has 1 aliphatic carbocycles. The molecule has 0 radical (unpaired) electrons. The van der Waals surface area contributed by atoms with E-state index in [9.17, 15) is 9.59 Å². The van der Waals surface area contributed by atoms with Gasteiger partial charge in [0.15, 0.2) is 0 Å². The van der Waals surface area contributed by atoms with E-state index in [0.717, 1.165) is 19.3 Å². The molecule has 1 fully saturated rings. The second kappa shape index (κ2) is 8.09. The van der Waals surface area contributed by atoms with Gasteiger partial charge in [0.1, 0.15) is 0 Å². The lowest BCUT2D eigenvalue weighted by Crippen LogP contribution is -2.50. The summed E-state index contributed by atoms with van der Waals surface area (Å²) >= 11 is 0. The Balaban J connectivity index is 2.49. The Morgan fingerprint density at radius 3 is 2.65 bits per heavy atom. The Morgan fingerprint density at radius 1 is 1.40 bits per heavy atom. The Hall–Kier alpha value is -1.30. The zero-order chi connectivity index (χ0) is 15.1. The highest BCUT2D eigenvalue weighted by molar-refractivity contribution is 5.75. The third-order valence-corrected chi connectivity index (χ3v) is 3.74. The number of amides is 2. The van der Waals surface area contributed by atoms with Crippen molar-refractivity contribution in [2.24, 2.45) is 0 Å². The SMILES string of the molecule is COC1CCCC1NC(=O)N(CCCC(=O)O)C(C)C. The second-order valence-corrected chi connectivity index (χ2v) is 5.55. The number of nitrogens with zero attached hydrogens (tertiary/aromatic N) is 1. The third-order valence-electron chi connectivity index (χ3n) is 3.74. The van der Waals surface area contributed by atoms with Crippen molar-refractivity contribution in [3.63, 3.8) is 0 Å². The monoisotopic (exact) mass is 286 g/mol. The average Bonchev–Trinajstić information content (AvgIpc) is 2.80. The molecule has 1 rings (SSSR count). The molecule has 0 aromatic rings. The summed E-state index contributed by atoms with van der Waals surface area (Å²) in [5.41, 5.74) is 0. The van der Waals surface area contributed by atoms with Crippen molar-refractivity contribution < 1.29 is 19.4 Å². The van der Waals surface area contributed by atoms with Gasteiger partial charge in [-0.2, -0.15) is 0 Å². The van der Waals surface area contributed by atoms with Crippen LogP contribution in [0.4, 0.5) is 4.79 Å². The second-order valence-electron chi connectivity index (χ2n) is 5.55. The van der Waals surface area contributed by atoms with E-state index in [1.807, 2.05) is 13.8 Å². The number of nitrogens with one attached hydrogen (secondary N) is 1. The van der Waals surface area contributed by atoms with Gasteiger partial charge in [0, 0.05) is 26.1 Å². The maximum atomic E-state index is 12.3. The van der Waals surface area contributed by atoms with Gasteiger partial charge in [-0.3, -0.25) is 4.79 Å². The molecule has 6 nitrogen and oxygen atoms in total. The number of carboxylic acid groups (broad SMARTS) is 1. The van der Waals surface area contributed by atoms with E-state index in [1.54, 1.807) is 12.0 Å². The highest BCUT2D eigenvalue weighted by atomic mass is 16.5. The zero-order valence-corrected chi connectivity index (χ0v) is 12.6. The molecule has 1 saturated carbocycles. The molecule has 0 saturated heterocycles. The number of aliphatic carboxylic acids is 1. The van der Waals surface area contributed by atoms with E-state index in [1.165, 1.54) is 0 Å². The topological polar surface area (TPSA) is 78.9 Å². The molecule has 2 unspecified atom stereocenters. The number of carboxylic acids is 1. The molecule has 2 atom stereocenters. The third kappa shape index (κ3) is 5.00. The number of urea groups is 1. The Bertz CT molecular complexity index is 333. The normalized spacial score (nSPS) is 22.0. The van der Waals surface area contributed by atoms with Crippen LogP contribution in [-0.2, 0) is 9.53 Å². The minimum atomic E-state index is -0.829. The van der Waals surface area contributed by atoms with E-state index in [4.69, 9.17) is 9.84 Å². The van der Waals surface area contributed by atoms with Gasteiger partial charge in [-0.1, -0.05) is 0 Å². The molecule has 0 aliphatic heterocycles. The molecule has 1 aliphatic rings. The minimum absolute atomic E-state index is 0.0474. The fraction of sp³-hybridized carbons (Fsp3) is 0.857. The van der Waals surface area contributed by atoms with E-state index in [-0.39, 0.29) is 30.6 Å². The van der Waals surface area contributed by atoms with Gasteiger partial charge in [0.05, 0.1) is 12.1 Å². The van der Waals surface area contributed by atoms with Gasteiger partial charge in [-0.25, -0.2) is 4.79 Å². The van der Waals surface area contributed by atoms with Crippen LogP contribution in [0.1, 0.15) is 46.0 Å². The van der Waals surface area contributed by atoms with Crippen molar-refractivity contribution in [1.82, 2.24) is 10.2 Å². The van der Waals surface area contributed by atoms with Crippen LogP contribution in [-0.4, -0.2) is 53.8 Å². The summed E-state index contributed by atoms with van der Waals surface area (Å²) < 4.78 is 5.37. The van der Waals surface area contributed by atoms with Gasteiger partial charge < -0.3 is 20.1 Å². The summed E-state index contributed by atoms with van der Waals surface area (Å²) in [6, 6.07) is -0.0150. The van der Waals surface area contributed by atoms with Crippen molar-refractivity contribution in [3.8, 4) is 0 Å². The first kappa shape index (κ1) is 16.8. The summed E-state index contributed by atoms with van der Waals surface area (Å²) in [4.78, 5) is 24.5. The molecule has 116 valence electrons. The predicted molar refractivity (Wildman–Crippen MR) is 75.7 cm³/mol. The van der Waals surface area contributed by atoms with Gasteiger partial charge in [-0.15, -0.1) is 0 Å². The van der Waals surface area contributed by atoms with Crippen LogP contribution in [0.2, 0.25) is 0 Å². The molecule has 20 heavy (non-hydrogen) atoms. The molecule has 0 bridgehead atoms. The number of hydrogen-bond donors (Lipinski definition) is 2. The number of ether oxygens (including phenoxy) is 1. The maximum absolute atomic E-state index is 12.3. The summed E-state index contributed by atoms with van der Waals surface area (Å²) in [7, 11) is 1.67. The van der Waals surface area contributed by atoms with Gasteiger partial charge in [0.25, 0.3) is 0 Å². The van der Waals surface area contributed by atoms with E-state index in [2.05, 4.69) is 5.32 Å². The van der Waals surface area contributed by atoms with Crippen LogP contribution in [0.25, 0.3) is 0 Å². The van der Waals surface area contributed by atoms with E-state index in [0.29, 0.717) is 13.0 Å². The van der Waals surface area contributed by atoms with Crippen LogP contribution < -0.4 is 5.32 Å². The standard InChI is InChI=1S/C14H26N2O4/c1-10(2)16(9-5-8-13(17)18)14(19)15-11-6-4-7-12(11)20-3/h10-12H,4-9H2,1-3H3,(H,15,19)(H,17,18). The van der Waals surface area contributed by atoms with E-state index < -0.39 is 5.97 Å². The smallest absolute Gasteiger partial charge is 0.317 e. The minimum Gasteiger partial charge on any atom is -0.481 e. The number of methoxy groups -OCH3 is 1. The lowest BCUT2D eigenvalue weighted by atomic mass is 10.2. The maximum Gasteiger partial charge on any atom is 0.317 e. The molecule has 2 amide bonds. The quantitative estimate of drug-likeness (QED) is 0.748. The first-order valence-electron chi connectivity index (χ1n) is 7.27. The summed E-state index contributed by atoms with van der Waals surface area (Å²) in [6.07, 6.45) is 3.62. The molecular weight excluding hydrogens is 260 g/mol. The van der Waals surface area contributed by atoms with Crippen LogP contribution in [0.15, 0.2) is 0 Å². The lowest BCUT2D eigenvalue weighted by Gasteiger charge is -2.29. The fourth-order valence-electron chi connectivity index (χ4n) is 2.61. The highest BCUT2D eigenvalue weighted by Gasteiger charge is 2.30. The Labute approximate surface area is 120 Å². The molecule has 0 aromatic carbocycles. The Kier molecular flexibility index (Phi) is 6.78. The molecule has 0 heterocycles. The van der Waals surface area contributed by atoms with Crippen LogP contribution in [0, 0.1) is 0 Å². The molecule has 0 aromatic heterocycles. The van der Waals surface area contributed by atoms with Crippen molar-refractivity contribution in [2.75, 3.05) is 13.7 Å². The van der Waals surface area contributed by atoms with Gasteiger partial charge in [-0.05, 0) is 39.5 Å². The lowest BCUT2D eigenvalue weighted by molar-refractivity contribution is -0.137.